The molecule has 1 saturated heterocycles. The maximum absolute atomic E-state index is 12.6. The van der Waals surface area contributed by atoms with Gasteiger partial charge in [0.25, 0.3) is 5.91 Å². The minimum Gasteiger partial charge on any atom is -0.379 e. The molecule has 158 valence electrons. The van der Waals surface area contributed by atoms with E-state index in [2.05, 4.69) is 10.4 Å². The van der Waals surface area contributed by atoms with Gasteiger partial charge in [-0.3, -0.25) is 4.79 Å². The molecule has 10 heteroatoms. The molecule has 1 aromatic heterocycles. The van der Waals surface area contributed by atoms with Crippen LogP contribution in [-0.2, 0) is 21.3 Å². The normalized spacial score (nSPS) is 15.4. The fraction of sp³-hybridized carbons (Fsp3) is 0.474. The first-order valence-electron chi connectivity index (χ1n) is 9.40. The minimum atomic E-state index is -3.44. The monoisotopic (exact) mass is 440 g/mol. The van der Waals surface area contributed by atoms with E-state index in [1.165, 1.54) is 4.31 Å². The molecule has 0 saturated carbocycles. The van der Waals surface area contributed by atoms with Gasteiger partial charge in [-0.15, -0.1) is 0 Å². The summed E-state index contributed by atoms with van der Waals surface area (Å²) in [6.45, 7) is 5.62. The number of amides is 1. The number of sulfonamides is 1. The number of nitrogens with one attached hydrogen (secondary N) is 1. The molecule has 29 heavy (non-hydrogen) atoms. The first-order valence-corrected chi connectivity index (χ1v) is 11.4. The van der Waals surface area contributed by atoms with Gasteiger partial charge in [0.15, 0.2) is 0 Å². The van der Waals surface area contributed by atoms with E-state index in [0.717, 1.165) is 11.1 Å². The molecule has 1 N–H and O–H groups in total. The quantitative estimate of drug-likeness (QED) is 0.705. The maximum Gasteiger partial charge on any atom is 0.256 e. The third kappa shape index (κ3) is 5.36. The zero-order chi connectivity index (χ0) is 21.0. The Hall–Kier alpha value is -1.94. The lowest BCUT2D eigenvalue weighted by Crippen LogP contribution is -2.43. The molecular formula is C19H25ClN4O4S. The van der Waals surface area contributed by atoms with Gasteiger partial charge >= 0.3 is 0 Å². The Morgan fingerprint density at radius 1 is 1.21 bits per heavy atom. The van der Waals surface area contributed by atoms with Crippen molar-refractivity contribution >= 4 is 27.5 Å². The molecule has 1 fully saturated rings. The number of benzene rings is 1. The van der Waals surface area contributed by atoms with Crippen molar-refractivity contribution in [3.05, 3.63) is 51.8 Å². The van der Waals surface area contributed by atoms with E-state index in [9.17, 15) is 13.2 Å². The van der Waals surface area contributed by atoms with E-state index in [1.54, 1.807) is 11.6 Å². The number of halogens is 1. The summed E-state index contributed by atoms with van der Waals surface area (Å²) in [5.74, 6) is -0.604. The third-order valence-corrected chi connectivity index (χ3v) is 7.01. The van der Waals surface area contributed by atoms with E-state index in [1.807, 2.05) is 31.2 Å². The van der Waals surface area contributed by atoms with Crippen molar-refractivity contribution in [2.75, 3.05) is 38.6 Å². The van der Waals surface area contributed by atoms with Crippen molar-refractivity contribution in [2.24, 2.45) is 0 Å². The van der Waals surface area contributed by atoms with Gasteiger partial charge in [0, 0.05) is 19.6 Å². The number of carbonyl (C=O) groups excluding carboxylic acids is 1. The molecule has 2 heterocycles. The topological polar surface area (TPSA) is 93.5 Å². The fourth-order valence-electron chi connectivity index (χ4n) is 3.12. The van der Waals surface area contributed by atoms with E-state index in [-0.39, 0.29) is 23.0 Å². The van der Waals surface area contributed by atoms with Gasteiger partial charge in [-0.05, 0) is 19.4 Å². The average molecular weight is 441 g/mol. The highest BCUT2D eigenvalue weighted by Crippen LogP contribution is 2.21. The Labute approximate surface area is 175 Å². The van der Waals surface area contributed by atoms with Crippen LogP contribution < -0.4 is 5.32 Å². The molecule has 0 bridgehead atoms. The Morgan fingerprint density at radius 3 is 2.52 bits per heavy atom. The van der Waals surface area contributed by atoms with Gasteiger partial charge in [-0.1, -0.05) is 41.4 Å². The summed E-state index contributed by atoms with van der Waals surface area (Å²) in [5, 5.41) is 7.24. The Morgan fingerprint density at radius 2 is 1.86 bits per heavy atom. The highest BCUT2D eigenvalue weighted by atomic mass is 35.5. The summed E-state index contributed by atoms with van der Waals surface area (Å²) in [4.78, 5) is 12.6. The molecule has 1 aliphatic heterocycles. The summed E-state index contributed by atoms with van der Waals surface area (Å²) >= 11 is 6.40. The van der Waals surface area contributed by atoms with Crippen LogP contribution in [0, 0.1) is 13.8 Å². The van der Waals surface area contributed by atoms with Crippen LogP contribution in [0.15, 0.2) is 24.3 Å². The predicted octanol–water partition coefficient (Wildman–Crippen LogP) is 1.59. The van der Waals surface area contributed by atoms with Crippen LogP contribution in [-0.4, -0.2) is 67.0 Å². The zero-order valence-corrected chi connectivity index (χ0v) is 18.1. The van der Waals surface area contributed by atoms with Crippen LogP contribution in [0.25, 0.3) is 0 Å². The summed E-state index contributed by atoms with van der Waals surface area (Å²) < 4.78 is 32.8. The molecule has 1 amide bonds. The van der Waals surface area contributed by atoms with Crippen LogP contribution in [0.3, 0.4) is 0 Å². The number of ether oxygens (including phenoxy) is 1. The molecule has 0 spiro atoms. The van der Waals surface area contributed by atoms with E-state index in [0.29, 0.717) is 38.5 Å². The van der Waals surface area contributed by atoms with Gasteiger partial charge in [0.2, 0.25) is 10.0 Å². The molecule has 3 rings (SSSR count). The van der Waals surface area contributed by atoms with Crippen LogP contribution in [0.5, 0.6) is 0 Å². The van der Waals surface area contributed by atoms with E-state index in [4.69, 9.17) is 16.3 Å². The maximum atomic E-state index is 12.6. The predicted molar refractivity (Wildman–Crippen MR) is 111 cm³/mol. The molecule has 1 aromatic carbocycles. The fourth-order valence-corrected chi connectivity index (χ4v) is 4.76. The standard InChI is InChI=1S/C19H25ClN4O4S/c1-14-3-5-16(6-4-14)13-24-18(20)17(15(2)22-24)19(25)21-7-12-29(26,27)23-8-10-28-11-9-23/h3-6H,7-13H2,1-2H3,(H,21,25). The Balaban J connectivity index is 1.62. The number of aryl methyl sites for hydroxylation is 2. The van der Waals surface area contributed by atoms with Crippen LogP contribution in [0.4, 0.5) is 0 Å². The molecule has 0 aliphatic carbocycles. The van der Waals surface area contributed by atoms with Crippen molar-refractivity contribution in [3.63, 3.8) is 0 Å². The Kier molecular flexibility index (Phi) is 6.94. The van der Waals surface area contributed by atoms with E-state index >= 15 is 0 Å². The molecule has 8 nitrogen and oxygen atoms in total. The summed E-state index contributed by atoms with van der Waals surface area (Å²) in [6, 6.07) is 7.97. The first-order chi connectivity index (χ1) is 13.8. The van der Waals surface area contributed by atoms with Crippen molar-refractivity contribution in [3.8, 4) is 0 Å². The smallest absolute Gasteiger partial charge is 0.256 e. The second-order valence-electron chi connectivity index (χ2n) is 6.98. The largest absolute Gasteiger partial charge is 0.379 e. The number of nitrogens with zero attached hydrogens (tertiary/aromatic N) is 3. The second kappa shape index (κ2) is 9.25. The SMILES string of the molecule is Cc1ccc(Cn2nc(C)c(C(=O)NCCS(=O)(=O)N3CCOCC3)c2Cl)cc1. The first kappa shape index (κ1) is 21.8. The lowest BCUT2D eigenvalue weighted by Gasteiger charge is -2.26. The van der Waals surface area contributed by atoms with Gasteiger partial charge < -0.3 is 10.1 Å². The van der Waals surface area contributed by atoms with Crippen LogP contribution in [0.1, 0.15) is 27.2 Å². The van der Waals surface area contributed by atoms with Crippen molar-refractivity contribution in [1.29, 1.82) is 0 Å². The number of morpholine rings is 1. The summed E-state index contributed by atoms with van der Waals surface area (Å²) in [5.41, 5.74) is 2.94. The molecule has 2 aromatic rings. The zero-order valence-electron chi connectivity index (χ0n) is 16.5. The highest BCUT2D eigenvalue weighted by molar-refractivity contribution is 7.89. The summed E-state index contributed by atoms with van der Waals surface area (Å²) in [7, 11) is -3.44. The van der Waals surface area contributed by atoms with Gasteiger partial charge in [-0.25, -0.2) is 13.1 Å². The molecule has 1 aliphatic rings. The van der Waals surface area contributed by atoms with Crippen molar-refractivity contribution < 1.29 is 17.9 Å². The average Bonchev–Trinajstić information content (AvgIpc) is 2.97. The number of aromatic nitrogens is 2. The van der Waals surface area contributed by atoms with E-state index < -0.39 is 15.9 Å². The number of carbonyl (C=O) groups is 1. The van der Waals surface area contributed by atoms with Crippen molar-refractivity contribution in [2.45, 2.75) is 20.4 Å². The molecule has 0 atom stereocenters. The molecular weight excluding hydrogens is 416 g/mol. The number of hydrogen-bond donors (Lipinski definition) is 1. The van der Waals surface area contributed by atoms with Gasteiger partial charge in [0.1, 0.15) is 5.15 Å². The number of hydrogen-bond acceptors (Lipinski definition) is 5. The second-order valence-corrected chi connectivity index (χ2v) is 9.42. The van der Waals surface area contributed by atoms with Gasteiger partial charge in [-0.2, -0.15) is 9.40 Å². The minimum absolute atomic E-state index is 0.00254. The Bertz CT molecular complexity index is 967. The highest BCUT2D eigenvalue weighted by Gasteiger charge is 2.25. The van der Waals surface area contributed by atoms with Crippen LogP contribution >= 0.6 is 11.6 Å². The third-order valence-electron chi connectivity index (χ3n) is 4.75. The van der Waals surface area contributed by atoms with Gasteiger partial charge in [0.05, 0.1) is 36.8 Å². The molecule has 0 unspecified atom stereocenters. The summed E-state index contributed by atoms with van der Waals surface area (Å²) in [6.07, 6.45) is 0. The van der Waals surface area contributed by atoms with Crippen molar-refractivity contribution in [1.82, 2.24) is 19.4 Å². The lowest BCUT2D eigenvalue weighted by atomic mass is 10.1. The molecule has 0 radical (unpaired) electrons. The van der Waals surface area contributed by atoms with Crippen LogP contribution in [0.2, 0.25) is 5.15 Å². The number of rotatable bonds is 7. The lowest BCUT2D eigenvalue weighted by molar-refractivity contribution is 0.0730.